The minimum absolute atomic E-state index is 0.0942. The highest BCUT2D eigenvalue weighted by Crippen LogP contribution is 2.20. The van der Waals surface area contributed by atoms with Gasteiger partial charge in [-0.3, -0.25) is 0 Å². The van der Waals surface area contributed by atoms with Crippen molar-refractivity contribution in [3.05, 3.63) is 16.8 Å². The predicted octanol–water partition coefficient (Wildman–Crippen LogP) is 1.94. The van der Waals surface area contributed by atoms with E-state index in [1.54, 1.807) is 13.8 Å². The number of nitrogens with one attached hydrogen (secondary N) is 1. The predicted molar refractivity (Wildman–Crippen MR) is 50.8 cm³/mol. The molecule has 0 bridgehead atoms. The molecule has 1 aromatic rings. The molecule has 0 aliphatic heterocycles. The molecule has 0 spiro atoms. The maximum Gasteiger partial charge on any atom is 0.405 e. The monoisotopic (exact) mass is 230 g/mol. The highest BCUT2D eigenvalue weighted by atomic mass is 19.4. The first kappa shape index (κ1) is 12.2. The van der Waals surface area contributed by atoms with Crippen molar-refractivity contribution in [3.63, 3.8) is 0 Å². The van der Waals surface area contributed by atoms with Gasteiger partial charge in [0.25, 0.3) is 0 Å². The molecule has 0 saturated heterocycles. The van der Waals surface area contributed by atoms with Crippen molar-refractivity contribution in [2.24, 2.45) is 0 Å². The minimum atomic E-state index is -4.35. The fraction of sp³-hybridized carbons (Fsp3) is 0.444. The molecule has 1 N–H and O–H groups in total. The van der Waals surface area contributed by atoms with Crippen LogP contribution >= 0.6 is 0 Å². The van der Waals surface area contributed by atoms with Gasteiger partial charge in [-0.05, 0) is 19.4 Å². The molecule has 86 valence electrons. The lowest BCUT2D eigenvalue weighted by Gasteiger charge is -2.11. The van der Waals surface area contributed by atoms with E-state index < -0.39 is 12.7 Å². The summed E-state index contributed by atoms with van der Waals surface area (Å²) in [5, 5.41) is 18.1. The van der Waals surface area contributed by atoms with E-state index >= 15 is 0 Å². The highest BCUT2D eigenvalue weighted by molar-refractivity contribution is 5.55. The number of aromatic nitrogens is 2. The molecule has 0 aliphatic carbocycles. The molecule has 4 nitrogen and oxygen atoms in total. The SMILES string of the molecule is Cc1nnc(NCC(F)(F)F)c(C#N)c1C. The second-order valence-corrected chi connectivity index (χ2v) is 3.21. The Bertz CT molecular complexity index is 434. The van der Waals surface area contributed by atoms with Crippen LogP contribution in [-0.2, 0) is 0 Å². The number of nitrogens with zero attached hydrogens (tertiary/aromatic N) is 3. The molecule has 1 heterocycles. The van der Waals surface area contributed by atoms with Crippen molar-refractivity contribution in [2.45, 2.75) is 20.0 Å². The quantitative estimate of drug-likeness (QED) is 0.843. The lowest BCUT2D eigenvalue weighted by molar-refractivity contribution is -0.115. The van der Waals surface area contributed by atoms with Crippen LogP contribution in [0.15, 0.2) is 0 Å². The van der Waals surface area contributed by atoms with Crippen LogP contribution < -0.4 is 5.32 Å². The maximum atomic E-state index is 12.0. The van der Waals surface area contributed by atoms with E-state index in [1.807, 2.05) is 6.07 Å². The van der Waals surface area contributed by atoms with Crippen molar-refractivity contribution in [3.8, 4) is 6.07 Å². The lowest BCUT2D eigenvalue weighted by Crippen LogP contribution is -2.22. The van der Waals surface area contributed by atoms with Gasteiger partial charge in [0.2, 0.25) is 0 Å². The van der Waals surface area contributed by atoms with Crippen LogP contribution in [0.4, 0.5) is 19.0 Å². The summed E-state index contributed by atoms with van der Waals surface area (Å²) < 4.78 is 35.9. The number of anilines is 1. The van der Waals surface area contributed by atoms with Crippen molar-refractivity contribution in [2.75, 3.05) is 11.9 Å². The van der Waals surface area contributed by atoms with Gasteiger partial charge in [0.1, 0.15) is 18.2 Å². The Morgan fingerprint density at radius 1 is 1.31 bits per heavy atom. The first-order chi connectivity index (χ1) is 7.35. The average Bonchev–Trinajstić information content (AvgIpc) is 2.18. The summed E-state index contributed by atoms with van der Waals surface area (Å²) in [7, 11) is 0. The van der Waals surface area contributed by atoms with Gasteiger partial charge in [-0.1, -0.05) is 0 Å². The second kappa shape index (κ2) is 4.35. The van der Waals surface area contributed by atoms with Gasteiger partial charge >= 0.3 is 6.18 Å². The number of hydrogen-bond acceptors (Lipinski definition) is 4. The first-order valence-electron chi connectivity index (χ1n) is 4.39. The Morgan fingerprint density at radius 3 is 2.44 bits per heavy atom. The van der Waals surface area contributed by atoms with Crippen LogP contribution in [-0.4, -0.2) is 22.9 Å². The standard InChI is InChI=1S/C9H9F3N4/c1-5-6(2)15-16-8(7(5)3-13)14-4-9(10,11)12/h4H2,1-2H3,(H,14,16). The molecule has 0 aliphatic rings. The zero-order valence-electron chi connectivity index (χ0n) is 8.68. The zero-order valence-corrected chi connectivity index (χ0v) is 8.68. The first-order valence-corrected chi connectivity index (χ1v) is 4.39. The molecule has 0 amide bonds. The summed E-state index contributed by atoms with van der Waals surface area (Å²) in [5.41, 5.74) is 1.15. The van der Waals surface area contributed by atoms with E-state index in [1.165, 1.54) is 0 Å². The Morgan fingerprint density at radius 2 is 1.94 bits per heavy atom. The highest BCUT2D eigenvalue weighted by Gasteiger charge is 2.27. The van der Waals surface area contributed by atoms with Crippen LogP contribution in [0.5, 0.6) is 0 Å². The average molecular weight is 230 g/mol. The van der Waals surface area contributed by atoms with Crippen LogP contribution in [0.3, 0.4) is 0 Å². The topological polar surface area (TPSA) is 61.6 Å². The minimum Gasteiger partial charge on any atom is -0.359 e. The van der Waals surface area contributed by atoms with Gasteiger partial charge in [0.05, 0.1) is 5.69 Å². The Balaban J connectivity index is 2.98. The molecule has 0 fully saturated rings. The number of hydrogen-bond donors (Lipinski definition) is 1. The van der Waals surface area contributed by atoms with E-state index in [-0.39, 0.29) is 11.4 Å². The normalized spacial score (nSPS) is 11.0. The largest absolute Gasteiger partial charge is 0.405 e. The van der Waals surface area contributed by atoms with Crippen LogP contribution in [0.2, 0.25) is 0 Å². The Labute approximate surface area is 90.1 Å². The van der Waals surface area contributed by atoms with E-state index in [0.717, 1.165) is 0 Å². The van der Waals surface area contributed by atoms with Gasteiger partial charge in [0, 0.05) is 0 Å². The molecule has 7 heteroatoms. The number of alkyl halides is 3. The van der Waals surface area contributed by atoms with Gasteiger partial charge in [-0.2, -0.15) is 23.5 Å². The van der Waals surface area contributed by atoms with Gasteiger partial charge < -0.3 is 5.32 Å². The molecular formula is C9H9F3N4. The molecule has 0 radical (unpaired) electrons. The number of nitriles is 1. The molecule has 1 aromatic heterocycles. The third-order valence-corrected chi connectivity index (χ3v) is 2.02. The molecule has 0 atom stereocenters. The summed E-state index contributed by atoms with van der Waals surface area (Å²) in [6.07, 6.45) is -4.35. The molecule has 1 rings (SSSR count). The molecule has 0 aromatic carbocycles. The van der Waals surface area contributed by atoms with E-state index in [2.05, 4.69) is 15.5 Å². The van der Waals surface area contributed by atoms with E-state index in [9.17, 15) is 13.2 Å². The molecule has 0 saturated carbocycles. The van der Waals surface area contributed by atoms with E-state index in [0.29, 0.717) is 11.3 Å². The molecular weight excluding hydrogens is 221 g/mol. The summed E-state index contributed by atoms with van der Waals surface area (Å²) in [5.74, 6) is -0.136. The zero-order chi connectivity index (χ0) is 12.3. The van der Waals surface area contributed by atoms with Gasteiger partial charge in [-0.15, -0.1) is 5.10 Å². The lowest BCUT2D eigenvalue weighted by atomic mass is 10.1. The summed E-state index contributed by atoms with van der Waals surface area (Å²) >= 11 is 0. The Kier molecular flexibility index (Phi) is 3.32. The van der Waals surface area contributed by atoms with Crippen LogP contribution in [0.1, 0.15) is 16.8 Å². The van der Waals surface area contributed by atoms with Crippen LogP contribution in [0, 0.1) is 25.2 Å². The summed E-state index contributed by atoms with van der Waals surface area (Å²) in [6, 6.07) is 1.81. The summed E-state index contributed by atoms with van der Waals surface area (Å²) in [4.78, 5) is 0. The van der Waals surface area contributed by atoms with Crippen molar-refractivity contribution >= 4 is 5.82 Å². The van der Waals surface area contributed by atoms with E-state index in [4.69, 9.17) is 5.26 Å². The maximum absolute atomic E-state index is 12.0. The fourth-order valence-electron chi connectivity index (χ4n) is 1.05. The smallest absolute Gasteiger partial charge is 0.359 e. The summed E-state index contributed by atoms with van der Waals surface area (Å²) in [6.45, 7) is 2.01. The second-order valence-electron chi connectivity index (χ2n) is 3.21. The van der Waals surface area contributed by atoms with Crippen molar-refractivity contribution < 1.29 is 13.2 Å². The fourth-order valence-corrected chi connectivity index (χ4v) is 1.05. The third-order valence-electron chi connectivity index (χ3n) is 2.02. The third kappa shape index (κ3) is 2.82. The number of rotatable bonds is 2. The van der Waals surface area contributed by atoms with Gasteiger partial charge in [0.15, 0.2) is 5.82 Å². The van der Waals surface area contributed by atoms with Crippen molar-refractivity contribution in [1.82, 2.24) is 10.2 Å². The Hall–Kier alpha value is -1.84. The number of halogens is 3. The van der Waals surface area contributed by atoms with Crippen molar-refractivity contribution in [1.29, 1.82) is 5.26 Å². The van der Waals surface area contributed by atoms with Crippen LogP contribution in [0.25, 0.3) is 0 Å². The van der Waals surface area contributed by atoms with Gasteiger partial charge in [-0.25, -0.2) is 0 Å². The molecule has 0 unspecified atom stereocenters. The molecule has 16 heavy (non-hydrogen) atoms. The number of aryl methyl sites for hydroxylation is 1.